The monoisotopic (exact) mass is 323 g/mol. The summed E-state index contributed by atoms with van der Waals surface area (Å²) in [6.45, 7) is 1.34. The van der Waals surface area contributed by atoms with Crippen molar-refractivity contribution in [1.29, 1.82) is 0 Å². The van der Waals surface area contributed by atoms with Crippen molar-refractivity contribution in [2.24, 2.45) is 5.92 Å². The van der Waals surface area contributed by atoms with Crippen LogP contribution in [0.5, 0.6) is 0 Å². The Morgan fingerprint density at radius 3 is 2.81 bits per heavy atom. The molecule has 1 saturated heterocycles. The maximum atomic E-state index is 12.3. The highest BCUT2D eigenvalue weighted by Gasteiger charge is 2.29. The maximum absolute atomic E-state index is 12.3. The lowest BCUT2D eigenvalue weighted by Crippen LogP contribution is -2.39. The minimum Gasteiger partial charge on any atom is -0.387 e. The second kappa shape index (κ2) is 6.13. The Balaban J connectivity index is 1.59. The first kappa shape index (κ1) is 14.5. The van der Waals surface area contributed by atoms with Gasteiger partial charge in [0.2, 0.25) is 0 Å². The van der Waals surface area contributed by atoms with Crippen molar-refractivity contribution >= 4 is 33.7 Å². The fraction of sp³-hybridized carbons (Fsp3) is 0.429. The van der Waals surface area contributed by atoms with Crippen LogP contribution in [0.15, 0.2) is 23.7 Å². The van der Waals surface area contributed by atoms with Gasteiger partial charge in [0.15, 0.2) is 5.13 Å². The molecule has 1 unspecified atom stereocenters. The number of aromatic nitrogens is 1. The summed E-state index contributed by atoms with van der Waals surface area (Å²) in [7, 11) is 0. The van der Waals surface area contributed by atoms with Crippen LogP contribution in [-0.4, -0.2) is 34.0 Å². The van der Waals surface area contributed by atoms with Crippen molar-refractivity contribution < 1.29 is 9.90 Å². The number of nitrogens with two attached hydrogens (primary N) is 1. The van der Waals surface area contributed by atoms with E-state index in [1.807, 2.05) is 22.4 Å². The summed E-state index contributed by atoms with van der Waals surface area (Å²) in [5.74, 6) is 0.215. The van der Waals surface area contributed by atoms with Crippen LogP contribution in [0, 0.1) is 5.92 Å². The van der Waals surface area contributed by atoms with Gasteiger partial charge in [-0.1, -0.05) is 17.4 Å². The third-order valence-electron chi connectivity index (χ3n) is 3.84. The topological polar surface area (TPSA) is 79.5 Å². The van der Waals surface area contributed by atoms with Crippen LogP contribution in [0.25, 0.3) is 0 Å². The number of likely N-dealkylation sites (tertiary alicyclic amines) is 1. The lowest BCUT2D eigenvalue weighted by Gasteiger charge is -2.33. The van der Waals surface area contributed by atoms with Gasteiger partial charge in [-0.05, 0) is 30.2 Å². The third kappa shape index (κ3) is 3.09. The van der Waals surface area contributed by atoms with E-state index in [4.69, 9.17) is 5.73 Å². The SMILES string of the molecule is Nc1ncc(C(=O)N2CCC(C(O)c3cccs3)CC2)s1. The van der Waals surface area contributed by atoms with E-state index >= 15 is 0 Å². The van der Waals surface area contributed by atoms with Crippen molar-refractivity contribution in [2.45, 2.75) is 18.9 Å². The molecular weight excluding hydrogens is 306 g/mol. The maximum Gasteiger partial charge on any atom is 0.265 e. The number of hydrogen-bond acceptors (Lipinski definition) is 6. The fourth-order valence-corrected chi connectivity index (χ4v) is 4.11. The molecule has 1 atom stereocenters. The average Bonchev–Trinajstić information content (AvgIpc) is 3.17. The summed E-state index contributed by atoms with van der Waals surface area (Å²) in [6.07, 6.45) is 2.76. The Morgan fingerprint density at radius 2 is 2.24 bits per heavy atom. The molecule has 1 fully saturated rings. The predicted octanol–water partition coefficient (Wildman–Crippen LogP) is 2.37. The highest BCUT2D eigenvalue weighted by molar-refractivity contribution is 7.17. The summed E-state index contributed by atoms with van der Waals surface area (Å²) >= 11 is 2.80. The predicted molar refractivity (Wildman–Crippen MR) is 84.4 cm³/mol. The first-order chi connectivity index (χ1) is 10.1. The molecule has 7 heteroatoms. The number of carbonyl (C=O) groups excluding carboxylic acids is 1. The summed E-state index contributed by atoms with van der Waals surface area (Å²) in [4.78, 5) is 19.6. The highest BCUT2D eigenvalue weighted by atomic mass is 32.1. The van der Waals surface area contributed by atoms with Gasteiger partial charge in [-0.15, -0.1) is 11.3 Å². The number of nitrogen functional groups attached to an aromatic ring is 1. The van der Waals surface area contributed by atoms with Crippen LogP contribution < -0.4 is 5.73 Å². The number of anilines is 1. The first-order valence-electron chi connectivity index (χ1n) is 6.87. The normalized spacial score (nSPS) is 17.9. The zero-order valence-electron chi connectivity index (χ0n) is 11.4. The van der Waals surface area contributed by atoms with Gasteiger partial charge in [-0.3, -0.25) is 4.79 Å². The van der Waals surface area contributed by atoms with E-state index in [-0.39, 0.29) is 11.8 Å². The molecule has 3 rings (SSSR count). The zero-order valence-corrected chi connectivity index (χ0v) is 13.1. The number of thiophene rings is 1. The molecule has 1 aliphatic rings. The molecule has 2 aromatic rings. The standard InChI is InChI=1S/C14H17N3O2S2/c15-14-16-8-11(21-14)13(19)17-5-3-9(4-6-17)12(18)10-2-1-7-20-10/h1-2,7-9,12,18H,3-6H2,(H2,15,16). The first-order valence-corrected chi connectivity index (χ1v) is 8.57. The summed E-state index contributed by atoms with van der Waals surface area (Å²) in [6, 6.07) is 3.92. The molecule has 112 valence electrons. The van der Waals surface area contributed by atoms with Crippen molar-refractivity contribution in [1.82, 2.24) is 9.88 Å². The van der Waals surface area contributed by atoms with E-state index in [9.17, 15) is 9.90 Å². The number of aliphatic hydroxyl groups excluding tert-OH is 1. The molecule has 5 nitrogen and oxygen atoms in total. The van der Waals surface area contributed by atoms with E-state index in [0.717, 1.165) is 17.7 Å². The van der Waals surface area contributed by atoms with E-state index in [0.29, 0.717) is 23.1 Å². The lowest BCUT2D eigenvalue weighted by molar-refractivity contribution is 0.0477. The van der Waals surface area contributed by atoms with E-state index in [1.54, 1.807) is 11.3 Å². The molecule has 3 heterocycles. The van der Waals surface area contributed by atoms with Gasteiger partial charge in [-0.2, -0.15) is 0 Å². The number of piperidine rings is 1. The van der Waals surface area contributed by atoms with Crippen molar-refractivity contribution in [2.75, 3.05) is 18.8 Å². The van der Waals surface area contributed by atoms with Crippen LogP contribution in [0.4, 0.5) is 5.13 Å². The number of carbonyl (C=O) groups is 1. The Bertz CT molecular complexity index is 604. The number of aliphatic hydroxyl groups is 1. The molecule has 1 amide bonds. The largest absolute Gasteiger partial charge is 0.387 e. The van der Waals surface area contributed by atoms with Gasteiger partial charge in [0.25, 0.3) is 5.91 Å². The molecule has 1 aliphatic heterocycles. The minimum atomic E-state index is -0.415. The van der Waals surface area contributed by atoms with E-state index in [1.165, 1.54) is 17.5 Å². The summed E-state index contributed by atoms with van der Waals surface area (Å²) in [5, 5.41) is 12.8. The van der Waals surface area contributed by atoms with E-state index in [2.05, 4.69) is 4.98 Å². The fourth-order valence-electron chi connectivity index (χ4n) is 2.65. The lowest BCUT2D eigenvalue weighted by atomic mass is 9.90. The molecule has 0 bridgehead atoms. The second-order valence-corrected chi connectivity index (χ2v) is 7.19. The molecule has 0 spiro atoms. The number of rotatable bonds is 3. The van der Waals surface area contributed by atoms with Crippen LogP contribution in [0.2, 0.25) is 0 Å². The molecule has 2 aromatic heterocycles. The zero-order chi connectivity index (χ0) is 14.8. The van der Waals surface area contributed by atoms with E-state index < -0.39 is 6.10 Å². The number of amides is 1. The molecule has 0 aromatic carbocycles. The number of thiazole rings is 1. The van der Waals surface area contributed by atoms with Crippen LogP contribution in [-0.2, 0) is 0 Å². The van der Waals surface area contributed by atoms with Gasteiger partial charge in [0.1, 0.15) is 4.88 Å². The Morgan fingerprint density at radius 1 is 1.48 bits per heavy atom. The van der Waals surface area contributed by atoms with Crippen LogP contribution >= 0.6 is 22.7 Å². The minimum absolute atomic E-state index is 0.00624. The Kier molecular flexibility index (Phi) is 4.23. The van der Waals surface area contributed by atoms with Gasteiger partial charge in [-0.25, -0.2) is 4.98 Å². The van der Waals surface area contributed by atoms with Gasteiger partial charge in [0, 0.05) is 18.0 Å². The highest BCUT2D eigenvalue weighted by Crippen LogP contribution is 2.33. The third-order valence-corrected chi connectivity index (χ3v) is 5.60. The average molecular weight is 323 g/mol. The van der Waals surface area contributed by atoms with Crippen molar-refractivity contribution in [3.05, 3.63) is 33.5 Å². The van der Waals surface area contributed by atoms with Gasteiger partial charge < -0.3 is 15.7 Å². The Hall–Kier alpha value is -1.44. The summed E-state index contributed by atoms with van der Waals surface area (Å²) < 4.78 is 0. The Labute approximate surface area is 131 Å². The number of hydrogen-bond donors (Lipinski definition) is 2. The quantitative estimate of drug-likeness (QED) is 0.909. The molecule has 3 N–H and O–H groups in total. The molecular formula is C14H17N3O2S2. The molecule has 21 heavy (non-hydrogen) atoms. The van der Waals surface area contributed by atoms with Crippen molar-refractivity contribution in [3.8, 4) is 0 Å². The summed E-state index contributed by atoms with van der Waals surface area (Å²) in [5.41, 5.74) is 5.57. The molecule has 0 radical (unpaired) electrons. The molecule has 0 saturated carbocycles. The second-order valence-electron chi connectivity index (χ2n) is 5.15. The molecule has 0 aliphatic carbocycles. The van der Waals surface area contributed by atoms with Crippen LogP contribution in [0.3, 0.4) is 0 Å². The van der Waals surface area contributed by atoms with Gasteiger partial charge in [0.05, 0.1) is 12.3 Å². The van der Waals surface area contributed by atoms with Crippen LogP contribution in [0.1, 0.15) is 33.5 Å². The van der Waals surface area contributed by atoms with Crippen molar-refractivity contribution in [3.63, 3.8) is 0 Å². The van der Waals surface area contributed by atoms with Gasteiger partial charge >= 0.3 is 0 Å². The smallest absolute Gasteiger partial charge is 0.265 e. The number of nitrogens with zero attached hydrogens (tertiary/aromatic N) is 2.